The molecular formula is C10H20ClNO2. The Morgan fingerprint density at radius 1 is 1.29 bits per heavy atom. The lowest BCUT2D eigenvalue weighted by atomic mass is 9.70. The van der Waals surface area contributed by atoms with E-state index in [1.165, 1.54) is 0 Å². The van der Waals surface area contributed by atoms with Gasteiger partial charge in [0.2, 0.25) is 0 Å². The van der Waals surface area contributed by atoms with E-state index in [2.05, 4.69) is 26.3 Å². The third kappa shape index (κ3) is 1.10. The number of fused-ring (bicyclic) bond motifs is 2. The lowest BCUT2D eigenvalue weighted by Crippen LogP contribution is -2.45. The summed E-state index contributed by atoms with van der Waals surface area (Å²) in [4.78, 5) is 0. The fraction of sp³-hybridized carbons (Fsp3) is 1.00. The number of nitrogens with one attached hydrogen (secondary N) is 1. The highest BCUT2D eigenvalue weighted by atomic mass is 35.5. The molecule has 2 aliphatic carbocycles. The molecule has 3 N–H and O–H groups in total. The second-order valence-corrected chi connectivity index (χ2v) is 5.38. The predicted molar refractivity (Wildman–Crippen MR) is 56.6 cm³/mol. The van der Waals surface area contributed by atoms with E-state index in [1.807, 2.05) is 0 Å². The number of halogens is 1. The van der Waals surface area contributed by atoms with Gasteiger partial charge in [-0.15, -0.1) is 12.4 Å². The minimum absolute atomic E-state index is 0. The highest BCUT2D eigenvalue weighted by molar-refractivity contribution is 5.85. The van der Waals surface area contributed by atoms with Gasteiger partial charge in [0, 0.05) is 5.41 Å². The summed E-state index contributed by atoms with van der Waals surface area (Å²) in [5, 5.41) is 19.0. The fourth-order valence-electron chi connectivity index (χ4n) is 3.50. The molecule has 2 unspecified atom stereocenters. The zero-order chi connectivity index (χ0) is 9.85. The Balaban J connectivity index is 0.000000980. The maximum atomic E-state index is 10.1. The van der Waals surface area contributed by atoms with Crippen molar-refractivity contribution in [3.8, 4) is 0 Å². The molecule has 0 heterocycles. The van der Waals surface area contributed by atoms with E-state index >= 15 is 0 Å². The molecule has 0 aliphatic heterocycles. The van der Waals surface area contributed by atoms with Crippen molar-refractivity contribution in [2.45, 2.75) is 45.8 Å². The summed E-state index contributed by atoms with van der Waals surface area (Å²) in [6, 6.07) is -0.131. The van der Waals surface area contributed by atoms with Crippen molar-refractivity contribution < 1.29 is 10.3 Å². The summed E-state index contributed by atoms with van der Waals surface area (Å²) in [6.07, 6.45) is 1.77. The Bertz CT molecular complexity index is 234. The lowest BCUT2D eigenvalue weighted by Gasteiger charge is -2.36. The Morgan fingerprint density at radius 2 is 1.86 bits per heavy atom. The van der Waals surface area contributed by atoms with Gasteiger partial charge in [0.25, 0.3) is 0 Å². The first-order valence-electron chi connectivity index (χ1n) is 5.03. The number of hydroxylamine groups is 1. The molecule has 0 spiro atoms. The number of hydrogen-bond donors (Lipinski definition) is 3. The van der Waals surface area contributed by atoms with Gasteiger partial charge in [-0.25, -0.2) is 0 Å². The number of aliphatic hydroxyl groups is 1. The fourth-order valence-corrected chi connectivity index (χ4v) is 3.50. The van der Waals surface area contributed by atoms with Crippen LogP contribution in [-0.4, -0.2) is 22.5 Å². The molecule has 2 aliphatic rings. The molecule has 0 aromatic carbocycles. The van der Waals surface area contributed by atoms with Crippen LogP contribution in [0.5, 0.6) is 0 Å². The van der Waals surface area contributed by atoms with Gasteiger partial charge in [0.1, 0.15) is 0 Å². The highest BCUT2D eigenvalue weighted by Crippen LogP contribution is 2.65. The Kier molecular flexibility index (Phi) is 2.92. The Labute approximate surface area is 91.3 Å². The molecule has 4 atom stereocenters. The lowest BCUT2D eigenvalue weighted by molar-refractivity contribution is -0.0284. The average Bonchev–Trinajstić information content (AvgIpc) is 2.36. The van der Waals surface area contributed by atoms with Crippen molar-refractivity contribution in [3.63, 3.8) is 0 Å². The van der Waals surface area contributed by atoms with E-state index in [0.717, 1.165) is 12.8 Å². The summed E-state index contributed by atoms with van der Waals surface area (Å²) in [7, 11) is 0. The van der Waals surface area contributed by atoms with Crippen LogP contribution in [0.3, 0.4) is 0 Å². The molecule has 2 bridgehead atoms. The van der Waals surface area contributed by atoms with Crippen LogP contribution in [0, 0.1) is 16.7 Å². The third-order valence-corrected chi connectivity index (χ3v) is 4.95. The van der Waals surface area contributed by atoms with Gasteiger partial charge < -0.3 is 10.3 Å². The normalized spacial score (nSPS) is 49.1. The van der Waals surface area contributed by atoms with Crippen LogP contribution in [0.4, 0.5) is 0 Å². The molecule has 84 valence electrons. The van der Waals surface area contributed by atoms with Crippen LogP contribution in [0.1, 0.15) is 33.6 Å². The minimum atomic E-state index is -0.411. The summed E-state index contributed by atoms with van der Waals surface area (Å²) in [6.45, 7) is 6.53. The molecule has 0 radical (unpaired) electrons. The minimum Gasteiger partial charge on any atom is -0.391 e. The molecule has 2 rings (SSSR count). The molecule has 0 amide bonds. The molecule has 2 fully saturated rings. The molecule has 0 aromatic rings. The van der Waals surface area contributed by atoms with E-state index in [9.17, 15) is 5.11 Å². The number of rotatable bonds is 1. The third-order valence-electron chi connectivity index (χ3n) is 4.95. The van der Waals surface area contributed by atoms with Crippen LogP contribution in [-0.2, 0) is 0 Å². The van der Waals surface area contributed by atoms with Crippen LogP contribution in [0.15, 0.2) is 0 Å². The largest absolute Gasteiger partial charge is 0.391 e. The van der Waals surface area contributed by atoms with Gasteiger partial charge in [0.05, 0.1) is 12.1 Å². The zero-order valence-corrected chi connectivity index (χ0v) is 9.77. The first kappa shape index (κ1) is 12.2. The van der Waals surface area contributed by atoms with E-state index in [1.54, 1.807) is 0 Å². The van der Waals surface area contributed by atoms with Crippen LogP contribution in [0.2, 0.25) is 0 Å². The van der Waals surface area contributed by atoms with Crippen molar-refractivity contribution >= 4 is 12.4 Å². The van der Waals surface area contributed by atoms with E-state index in [-0.39, 0.29) is 29.3 Å². The maximum Gasteiger partial charge on any atom is 0.0777 e. The SMILES string of the molecule is CC1(C)[C@H]2CC[C@]1(C)C(O)C2NO.Cl. The van der Waals surface area contributed by atoms with E-state index in [0.29, 0.717) is 5.92 Å². The summed E-state index contributed by atoms with van der Waals surface area (Å²) in [5.41, 5.74) is 2.38. The molecular weight excluding hydrogens is 202 g/mol. The summed E-state index contributed by atoms with van der Waals surface area (Å²) < 4.78 is 0. The van der Waals surface area contributed by atoms with Gasteiger partial charge in [-0.05, 0) is 24.2 Å². The Hall–Kier alpha value is 0.170. The van der Waals surface area contributed by atoms with E-state index in [4.69, 9.17) is 5.21 Å². The quantitative estimate of drug-likeness (QED) is 0.590. The standard InChI is InChI=1S/C10H19NO2.ClH/c1-9(2)6-4-5-10(9,3)8(12)7(6)11-13;/h6-8,11-13H,4-5H2,1-3H3;1H/t6-,7?,8?,10+;/m0./s1. The Morgan fingerprint density at radius 3 is 2.14 bits per heavy atom. The second kappa shape index (κ2) is 3.34. The molecule has 0 aromatic heterocycles. The molecule has 4 heteroatoms. The van der Waals surface area contributed by atoms with Gasteiger partial charge in [-0.3, -0.25) is 0 Å². The number of hydrogen-bond acceptors (Lipinski definition) is 3. The van der Waals surface area contributed by atoms with Crippen LogP contribution >= 0.6 is 12.4 Å². The summed E-state index contributed by atoms with van der Waals surface area (Å²) in [5.74, 6) is 0.400. The van der Waals surface area contributed by atoms with Crippen molar-refractivity contribution in [3.05, 3.63) is 0 Å². The highest BCUT2D eigenvalue weighted by Gasteiger charge is 2.65. The first-order valence-corrected chi connectivity index (χ1v) is 5.03. The molecule has 2 saturated carbocycles. The van der Waals surface area contributed by atoms with Crippen molar-refractivity contribution in [2.24, 2.45) is 16.7 Å². The van der Waals surface area contributed by atoms with Gasteiger partial charge in [-0.2, -0.15) is 5.48 Å². The van der Waals surface area contributed by atoms with Gasteiger partial charge in [0.15, 0.2) is 0 Å². The summed E-state index contributed by atoms with van der Waals surface area (Å²) >= 11 is 0. The average molecular weight is 222 g/mol. The monoisotopic (exact) mass is 221 g/mol. The van der Waals surface area contributed by atoms with Crippen LogP contribution in [0.25, 0.3) is 0 Å². The van der Waals surface area contributed by atoms with E-state index < -0.39 is 6.10 Å². The van der Waals surface area contributed by atoms with Gasteiger partial charge in [-0.1, -0.05) is 20.8 Å². The molecule has 0 saturated heterocycles. The predicted octanol–water partition coefficient (Wildman–Crippen LogP) is 1.57. The number of aliphatic hydroxyl groups excluding tert-OH is 1. The van der Waals surface area contributed by atoms with Crippen molar-refractivity contribution in [1.29, 1.82) is 0 Å². The topological polar surface area (TPSA) is 52.5 Å². The van der Waals surface area contributed by atoms with Crippen LogP contribution < -0.4 is 5.48 Å². The van der Waals surface area contributed by atoms with Gasteiger partial charge >= 0.3 is 0 Å². The maximum absolute atomic E-state index is 10.1. The van der Waals surface area contributed by atoms with Crippen molar-refractivity contribution in [2.75, 3.05) is 0 Å². The smallest absolute Gasteiger partial charge is 0.0777 e. The molecule has 3 nitrogen and oxygen atoms in total. The first-order chi connectivity index (χ1) is 5.95. The zero-order valence-electron chi connectivity index (χ0n) is 8.95. The molecule has 14 heavy (non-hydrogen) atoms. The second-order valence-electron chi connectivity index (χ2n) is 5.38. The van der Waals surface area contributed by atoms with Crippen molar-refractivity contribution in [1.82, 2.24) is 5.48 Å².